The van der Waals surface area contributed by atoms with Crippen molar-refractivity contribution in [3.8, 4) is 0 Å². The average molecular weight is 233 g/mol. The Morgan fingerprint density at radius 3 is 2.47 bits per heavy atom. The fourth-order valence-corrected chi connectivity index (χ4v) is 1.62. The maximum Gasteiger partial charge on any atom is 0.193 e. The van der Waals surface area contributed by atoms with Gasteiger partial charge in [-0.25, -0.2) is 0 Å². The van der Waals surface area contributed by atoms with E-state index >= 15 is 0 Å². The molecular formula is C14H23N3. The van der Waals surface area contributed by atoms with Crippen LogP contribution in [-0.4, -0.2) is 38.0 Å². The van der Waals surface area contributed by atoms with Gasteiger partial charge in [0.15, 0.2) is 5.96 Å². The monoisotopic (exact) mass is 233 g/mol. The van der Waals surface area contributed by atoms with Gasteiger partial charge < -0.3 is 10.2 Å². The van der Waals surface area contributed by atoms with E-state index in [1.807, 2.05) is 25.1 Å². The number of hydrogen-bond acceptors (Lipinski definition) is 1. The Bertz CT molecular complexity index is 344. The van der Waals surface area contributed by atoms with E-state index in [1.54, 1.807) is 0 Å². The van der Waals surface area contributed by atoms with Crippen molar-refractivity contribution >= 4 is 5.96 Å². The molecule has 3 heteroatoms. The van der Waals surface area contributed by atoms with Gasteiger partial charge in [0.25, 0.3) is 0 Å². The van der Waals surface area contributed by atoms with E-state index in [-0.39, 0.29) is 0 Å². The second-order valence-corrected chi connectivity index (χ2v) is 4.40. The van der Waals surface area contributed by atoms with Gasteiger partial charge >= 0.3 is 0 Å². The van der Waals surface area contributed by atoms with Gasteiger partial charge in [0.1, 0.15) is 0 Å². The Kier molecular flexibility index (Phi) is 5.53. The molecule has 17 heavy (non-hydrogen) atoms. The molecule has 1 unspecified atom stereocenters. The number of nitrogens with one attached hydrogen (secondary N) is 1. The molecule has 0 aliphatic rings. The third kappa shape index (κ3) is 4.47. The van der Waals surface area contributed by atoms with Crippen molar-refractivity contribution < 1.29 is 0 Å². The topological polar surface area (TPSA) is 27.6 Å². The first-order valence-corrected chi connectivity index (χ1v) is 6.15. The maximum atomic E-state index is 4.62. The van der Waals surface area contributed by atoms with Gasteiger partial charge in [-0.05, 0) is 12.5 Å². The molecule has 94 valence electrons. The smallest absolute Gasteiger partial charge is 0.193 e. The van der Waals surface area contributed by atoms with Crippen LogP contribution in [0.25, 0.3) is 0 Å². The predicted molar refractivity (Wildman–Crippen MR) is 74.5 cm³/mol. The summed E-state index contributed by atoms with van der Waals surface area (Å²) >= 11 is 0. The van der Waals surface area contributed by atoms with E-state index in [4.69, 9.17) is 0 Å². The second-order valence-electron chi connectivity index (χ2n) is 4.40. The van der Waals surface area contributed by atoms with E-state index in [0.29, 0.717) is 5.92 Å². The molecule has 0 spiro atoms. The summed E-state index contributed by atoms with van der Waals surface area (Å²) in [6.45, 7) is 6.00. The summed E-state index contributed by atoms with van der Waals surface area (Å²) in [6, 6.07) is 10.5. The molecule has 1 N–H and O–H groups in total. The first kappa shape index (κ1) is 13.6. The lowest BCUT2D eigenvalue weighted by molar-refractivity contribution is 0.580. The fourth-order valence-electron chi connectivity index (χ4n) is 1.62. The molecule has 1 rings (SSSR count). The van der Waals surface area contributed by atoms with E-state index in [1.165, 1.54) is 5.56 Å². The third-order valence-electron chi connectivity index (χ3n) is 2.64. The highest BCUT2D eigenvalue weighted by molar-refractivity contribution is 5.79. The van der Waals surface area contributed by atoms with Crippen LogP contribution < -0.4 is 5.32 Å². The lowest BCUT2D eigenvalue weighted by atomic mass is 10.0. The van der Waals surface area contributed by atoms with Crippen molar-refractivity contribution in [3.63, 3.8) is 0 Å². The molecule has 3 nitrogen and oxygen atoms in total. The van der Waals surface area contributed by atoms with Crippen LogP contribution in [0.2, 0.25) is 0 Å². The quantitative estimate of drug-likeness (QED) is 0.638. The third-order valence-corrected chi connectivity index (χ3v) is 2.64. The summed E-state index contributed by atoms with van der Waals surface area (Å²) in [5.74, 6) is 1.40. The molecule has 0 aliphatic carbocycles. The molecule has 0 aromatic heterocycles. The molecule has 0 saturated heterocycles. The Morgan fingerprint density at radius 1 is 1.29 bits per heavy atom. The zero-order valence-electron chi connectivity index (χ0n) is 11.3. The zero-order valence-corrected chi connectivity index (χ0v) is 11.3. The summed E-state index contributed by atoms with van der Waals surface area (Å²) in [5.41, 5.74) is 1.34. The SMILES string of the molecule is CCNC(=NCC(C)c1ccccc1)N(C)C. The molecule has 0 amide bonds. The number of benzene rings is 1. The van der Waals surface area contributed by atoms with Gasteiger partial charge in [0, 0.05) is 33.1 Å². The first-order chi connectivity index (χ1) is 8.15. The molecule has 0 saturated carbocycles. The van der Waals surface area contributed by atoms with Crippen LogP contribution >= 0.6 is 0 Å². The minimum absolute atomic E-state index is 0.449. The van der Waals surface area contributed by atoms with Crippen molar-refractivity contribution in [3.05, 3.63) is 35.9 Å². The Balaban J connectivity index is 2.62. The lowest BCUT2D eigenvalue weighted by Gasteiger charge is -2.18. The van der Waals surface area contributed by atoms with Crippen molar-refractivity contribution in [1.82, 2.24) is 10.2 Å². The van der Waals surface area contributed by atoms with Gasteiger partial charge in [0.2, 0.25) is 0 Å². The number of guanidine groups is 1. The average Bonchev–Trinajstić information content (AvgIpc) is 2.34. The van der Waals surface area contributed by atoms with Crippen molar-refractivity contribution in [2.45, 2.75) is 19.8 Å². The minimum atomic E-state index is 0.449. The van der Waals surface area contributed by atoms with Crippen LogP contribution in [0.5, 0.6) is 0 Å². The lowest BCUT2D eigenvalue weighted by Crippen LogP contribution is -2.36. The molecule has 1 aromatic rings. The van der Waals surface area contributed by atoms with E-state index < -0.39 is 0 Å². The van der Waals surface area contributed by atoms with E-state index in [2.05, 4.69) is 48.4 Å². The van der Waals surface area contributed by atoms with Crippen LogP contribution in [0.1, 0.15) is 25.3 Å². The standard InChI is InChI=1S/C14H23N3/c1-5-15-14(17(3)4)16-11-12(2)13-9-7-6-8-10-13/h6-10,12H,5,11H2,1-4H3,(H,15,16). The Hall–Kier alpha value is -1.51. The summed E-state index contributed by atoms with van der Waals surface area (Å²) < 4.78 is 0. The van der Waals surface area contributed by atoms with Gasteiger partial charge in [-0.15, -0.1) is 0 Å². The van der Waals surface area contributed by atoms with Crippen LogP contribution in [0.15, 0.2) is 35.3 Å². The number of rotatable bonds is 4. The molecule has 0 aliphatic heterocycles. The summed E-state index contributed by atoms with van der Waals surface area (Å²) in [5, 5.41) is 3.26. The van der Waals surface area contributed by atoms with E-state index in [0.717, 1.165) is 19.0 Å². The predicted octanol–water partition coefficient (Wildman–Crippen LogP) is 2.32. The summed E-state index contributed by atoms with van der Waals surface area (Å²) in [4.78, 5) is 6.64. The largest absolute Gasteiger partial charge is 0.357 e. The maximum absolute atomic E-state index is 4.62. The van der Waals surface area contributed by atoms with Gasteiger partial charge in [-0.3, -0.25) is 4.99 Å². The highest BCUT2D eigenvalue weighted by Crippen LogP contribution is 2.14. The number of nitrogens with zero attached hydrogens (tertiary/aromatic N) is 2. The highest BCUT2D eigenvalue weighted by atomic mass is 15.3. The van der Waals surface area contributed by atoms with Crippen LogP contribution in [-0.2, 0) is 0 Å². The van der Waals surface area contributed by atoms with Gasteiger partial charge in [-0.2, -0.15) is 0 Å². The molecule has 0 bridgehead atoms. The van der Waals surface area contributed by atoms with Gasteiger partial charge in [-0.1, -0.05) is 37.3 Å². The van der Waals surface area contributed by atoms with E-state index in [9.17, 15) is 0 Å². The Morgan fingerprint density at radius 2 is 1.94 bits per heavy atom. The summed E-state index contributed by atoms with van der Waals surface area (Å²) in [7, 11) is 4.02. The van der Waals surface area contributed by atoms with Crippen molar-refractivity contribution in [2.24, 2.45) is 4.99 Å². The molecular weight excluding hydrogens is 210 g/mol. The second kappa shape index (κ2) is 6.94. The van der Waals surface area contributed by atoms with Crippen molar-refractivity contribution in [1.29, 1.82) is 0 Å². The first-order valence-electron chi connectivity index (χ1n) is 6.15. The number of aliphatic imine (C=N–C) groups is 1. The van der Waals surface area contributed by atoms with Crippen molar-refractivity contribution in [2.75, 3.05) is 27.2 Å². The van der Waals surface area contributed by atoms with Gasteiger partial charge in [0.05, 0.1) is 0 Å². The Labute approximate surface area is 105 Å². The molecule has 0 heterocycles. The zero-order chi connectivity index (χ0) is 12.7. The highest BCUT2D eigenvalue weighted by Gasteiger charge is 2.05. The van der Waals surface area contributed by atoms with Crippen LogP contribution in [0, 0.1) is 0 Å². The minimum Gasteiger partial charge on any atom is -0.357 e. The van der Waals surface area contributed by atoms with Crippen LogP contribution in [0.4, 0.5) is 0 Å². The summed E-state index contributed by atoms with van der Waals surface area (Å²) in [6.07, 6.45) is 0. The molecule has 1 aromatic carbocycles. The number of hydrogen-bond donors (Lipinski definition) is 1. The fraction of sp³-hybridized carbons (Fsp3) is 0.500. The molecule has 0 fully saturated rings. The van der Waals surface area contributed by atoms with Crippen LogP contribution in [0.3, 0.4) is 0 Å². The normalized spacial score (nSPS) is 13.3. The molecule has 1 atom stereocenters. The molecule has 0 radical (unpaired) electrons.